The number of aliphatic carboxylic acids is 1. The largest absolute Gasteiger partial charge is 0.480 e. The summed E-state index contributed by atoms with van der Waals surface area (Å²) in [7, 11) is 0. The van der Waals surface area contributed by atoms with Crippen LogP contribution in [0.3, 0.4) is 0 Å². The topological polar surface area (TPSA) is 68.0 Å². The highest BCUT2D eigenvalue weighted by molar-refractivity contribution is 5.78. The number of para-hydroxylation sites is 1. The Morgan fingerprint density at radius 3 is 2.81 bits per heavy atom. The fourth-order valence-corrected chi connectivity index (χ4v) is 3.34. The maximum Gasteiger partial charge on any atom is 0.328 e. The molecular formula is C16H21N3O2. The van der Waals surface area contributed by atoms with Gasteiger partial charge in [-0.25, -0.2) is 9.48 Å². The van der Waals surface area contributed by atoms with Gasteiger partial charge in [0.2, 0.25) is 0 Å². The van der Waals surface area contributed by atoms with Crippen LogP contribution < -0.4 is 0 Å². The molecular weight excluding hydrogens is 266 g/mol. The van der Waals surface area contributed by atoms with E-state index in [0.717, 1.165) is 17.5 Å². The highest BCUT2D eigenvalue weighted by Crippen LogP contribution is 2.30. The molecule has 1 heterocycles. The van der Waals surface area contributed by atoms with Crippen LogP contribution in [0.1, 0.15) is 51.0 Å². The third-order valence-corrected chi connectivity index (χ3v) is 4.53. The molecule has 1 N–H and O–H groups in total. The summed E-state index contributed by atoms with van der Waals surface area (Å²) in [5.41, 5.74) is 1.55. The van der Waals surface area contributed by atoms with Gasteiger partial charge in [0.1, 0.15) is 5.52 Å². The van der Waals surface area contributed by atoms with Crippen LogP contribution in [0.4, 0.5) is 0 Å². The van der Waals surface area contributed by atoms with Gasteiger partial charge >= 0.3 is 5.97 Å². The third-order valence-electron chi connectivity index (χ3n) is 4.53. The molecule has 5 nitrogen and oxygen atoms in total. The summed E-state index contributed by atoms with van der Waals surface area (Å²) >= 11 is 0. The van der Waals surface area contributed by atoms with Gasteiger partial charge in [-0.3, -0.25) is 0 Å². The lowest BCUT2D eigenvalue weighted by Crippen LogP contribution is -2.21. The Labute approximate surface area is 124 Å². The molecule has 0 amide bonds. The Morgan fingerprint density at radius 2 is 2.05 bits per heavy atom. The molecule has 21 heavy (non-hydrogen) atoms. The minimum atomic E-state index is -0.818. The Hall–Kier alpha value is -1.91. The van der Waals surface area contributed by atoms with Crippen molar-refractivity contribution >= 4 is 17.0 Å². The summed E-state index contributed by atoms with van der Waals surface area (Å²) in [6.07, 6.45) is 7.98. The number of hydrogen-bond acceptors (Lipinski definition) is 3. The maximum absolute atomic E-state index is 11.6. The van der Waals surface area contributed by atoms with Gasteiger partial charge in [0.15, 0.2) is 6.04 Å². The number of carbonyl (C=O) groups is 1. The van der Waals surface area contributed by atoms with Gasteiger partial charge < -0.3 is 5.11 Å². The Morgan fingerprint density at radius 1 is 1.29 bits per heavy atom. The fraction of sp³-hybridized carbons (Fsp3) is 0.562. The van der Waals surface area contributed by atoms with Crippen molar-refractivity contribution < 1.29 is 9.90 Å². The number of rotatable bonds is 5. The second-order valence-electron chi connectivity index (χ2n) is 5.96. The monoisotopic (exact) mass is 287 g/mol. The van der Waals surface area contributed by atoms with E-state index >= 15 is 0 Å². The van der Waals surface area contributed by atoms with Crippen molar-refractivity contribution in [2.24, 2.45) is 5.92 Å². The number of aromatic nitrogens is 3. The fourth-order valence-electron chi connectivity index (χ4n) is 3.34. The van der Waals surface area contributed by atoms with E-state index in [-0.39, 0.29) is 0 Å². The number of benzene rings is 1. The number of nitrogens with zero attached hydrogens (tertiary/aromatic N) is 3. The number of fused-ring (bicyclic) bond motifs is 1. The van der Waals surface area contributed by atoms with Crippen molar-refractivity contribution in [2.75, 3.05) is 0 Å². The lowest BCUT2D eigenvalue weighted by molar-refractivity contribution is -0.141. The van der Waals surface area contributed by atoms with Crippen molar-refractivity contribution in [2.45, 2.75) is 51.0 Å². The molecule has 5 heteroatoms. The molecule has 1 atom stereocenters. The second kappa shape index (κ2) is 6.24. The van der Waals surface area contributed by atoms with Crippen LogP contribution in [-0.2, 0) is 4.79 Å². The highest BCUT2D eigenvalue weighted by atomic mass is 16.4. The van der Waals surface area contributed by atoms with Gasteiger partial charge in [-0.1, -0.05) is 49.5 Å². The first-order chi connectivity index (χ1) is 10.3. The van der Waals surface area contributed by atoms with E-state index in [9.17, 15) is 9.90 Å². The first-order valence-electron chi connectivity index (χ1n) is 7.78. The molecule has 0 aliphatic heterocycles. The van der Waals surface area contributed by atoms with Crippen molar-refractivity contribution in [3.63, 3.8) is 0 Å². The smallest absolute Gasteiger partial charge is 0.328 e. The van der Waals surface area contributed by atoms with E-state index in [0.29, 0.717) is 12.3 Å². The van der Waals surface area contributed by atoms with Crippen molar-refractivity contribution in [3.8, 4) is 0 Å². The molecule has 1 aliphatic carbocycles. The number of carboxylic acid groups (broad SMARTS) is 1. The lowest BCUT2D eigenvalue weighted by Gasteiger charge is -2.23. The molecule has 0 spiro atoms. The van der Waals surface area contributed by atoms with Crippen LogP contribution in [0.15, 0.2) is 24.3 Å². The molecule has 1 aliphatic rings. The summed E-state index contributed by atoms with van der Waals surface area (Å²) in [5, 5.41) is 17.7. The summed E-state index contributed by atoms with van der Waals surface area (Å²) in [5.74, 6) is -0.142. The molecule has 1 aromatic heterocycles. The average Bonchev–Trinajstić information content (AvgIpc) is 2.92. The van der Waals surface area contributed by atoms with Gasteiger partial charge in [-0.2, -0.15) is 0 Å². The second-order valence-corrected chi connectivity index (χ2v) is 5.96. The van der Waals surface area contributed by atoms with Gasteiger partial charge in [0.05, 0.1) is 5.52 Å². The molecule has 1 fully saturated rings. The molecule has 1 saturated carbocycles. The van der Waals surface area contributed by atoms with Gasteiger partial charge in [-0.15, -0.1) is 5.10 Å². The molecule has 0 saturated heterocycles. The lowest BCUT2D eigenvalue weighted by atomic mass is 9.85. The van der Waals surface area contributed by atoms with Crippen molar-refractivity contribution in [1.29, 1.82) is 0 Å². The normalized spacial score (nSPS) is 17.9. The van der Waals surface area contributed by atoms with Crippen LogP contribution in [0.5, 0.6) is 0 Å². The first-order valence-corrected chi connectivity index (χ1v) is 7.78. The Kier molecular flexibility index (Phi) is 4.18. The molecule has 3 rings (SSSR count). The van der Waals surface area contributed by atoms with Crippen molar-refractivity contribution in [1.82, 2.24) is 15.0 Å². The van der Waals surface area contributed by atoms with Crippen molar-refractivity contribution in [3.05, 3.63) is 24.3 Å². The highest BCUT2D eigenvalue weighted by Gasteiger charge is 2.24. The van der Waals surface area contributed by atoms with Gasteiger partial charge in [0.25, 0.3) is 0 Å². The van der Waals surface area contributed by atoms with Crippen LogP contribution in [0, 0.1) is 5.92 Å². The zero-order valence-electron chi connectivity index (χ0n) is 12.1. The third kappa shape index (κ3) is 3.06. The quantitative estimate of drug-likeness (QED) is 0.915. The number of hydrogen-bond donors (Lipinski definition) is 1. The van der Waals surface area contributed by atoms with Crippen LogP contribution in [-0.4, -0.2) is 26.1 Å². The van der Waals surface area contributed by atoms with E-state index in [1.165, 1.54) is 32.1 Å². The van der Waals surface area contributed by atoms with E-state index in [1.807, 2.05) is 24.3 Å². The minimum absolute atomic E-state index is 0.612. The first kappa shape index (κ1) is 14.0. The molecule has 112 valence electrons. The SMILES string of the molecule is O=C(O)C(CCC1CCCCC1)n1nnc2ccccc21. The van der Waals surface area contributed by atoms with E-state index in [4.69, 9.17) is 0 Å². The van der Waals surface area contributed by atoms with E-state index in [2.05, 4.69) is 10.3 Å². The summed E-state index contributed by atoms with van der Waals surface area (Å²) in [4.78, 5) is 11.6. The summed E-state index contributed by atoms with van der Waals surface area (Å²) in [6, 6.07) is 6.91. The number of carboxylic acids is 1. The van der Waals surface area contributed by atoms with Crippen LogP contribution >= 0.6 is 0 Å². The summed E-state index contributed by atoms with van der Waals surface area (Å²) in [6.45, 7) is 0. The maximum atomic E-state index is 11.6. The van der Waals surface area contributed by atoms with Gasteiger partial charge in [-0.05, 0) is 30.9 Å². The zero-order valence-corrected chi connectivity index (χ0v) is 12.1. The van der Waals surface area contributed by atoms with Crippen LogP contribution in [0.25, 0.3) is 11.0 Å². The Bertz CT molecular complexity index is 617. The average molecular weight is 287 g/mol. The van der Waals surface area contributed by atoms with Gasteiger partial charge in [0, 0.05) is 0 Å². The molecule has 0 bridgehead atoms. The predicted octanol–water partition coefficient (Wildman–Crippen LogP) is 3.42. The minimum Gasteiger partial charge on any atom is -0.480 e. The Balaban J connectivity index is 1.76. The summed E-state index contributed by atoms with van der Waals surface area (Å²) < 4.78 is 1.57. The van der Waals surface area contributed by atoms with E-state index in [1.54, 1.807) is 4.68 Å². The molecule has 2 aromatic rings. The predicted molar refractivity (Wildman–Crippen MR) is 80.0 cm³/mol. The molecule has 0 radical (unpaired) electrons. The van der Waals surface area contributed by atoms with Crippen LogP contribution in [0.2, 0.25) is 0 Å². The zero-order chi connectivity index (χ0) is 14.7. The molecule has 1 aromatic carbocycles. The molecule has 1 unspecified atom stereocenters. The van der Waals surface area contributed by atoms with E-state index < -0.39 is 12.0 Å². The standard InChI is InChI=1S/C16H21N3O2/c20-16(21)15(11-10-12-6-2-1-3-7-12)19-14-9-5-4-8-13(14)17-18-19/h4-5,8-9,12,15H,1-3,6-7,10-11H2,(H,20,21).